The van der Waals surface area contributed by atoms with Crippen LogP contribution in [0.3, 0.4) is 0 Å². The molecule has 0 atom stereocenters. The smallest absolute Gasteiger partial charge is 0.232 e. The molecule has 25 heavy (non-hydrogen) atoms. The van der Waals surface area contributed by atoms with Crippen LogP contribution < -0.4 is 5.73 Å². The molecular weight excluding hydrogens is 327 g/mol. The number of para-hydroxylation sites is 1. The summed E-state index contributed by atoms with van der Waals surface area (Å²) in [5.41, 5.74) is 7.38. The molecule has 0 aliphatic carbocycles. The van der Waals surface area contributed by atoms with Crippen LogP contribution in [0.2, 0.25) is 0 Å². The highest BCUT2D eigenvalue weighted by atomic mass is 19.1. The molecule has 2 N–H and O–H groups in total. The summed E-state index contributed by atoms with van der Waals surface area (Å²) in [6.07, 6.45) is 3.04. The molecule has 0 aliphatic rings. The highest BCUT2D eigenvalue weighted by Gasteiger charge is 2.21. The Hall–Kier alpha value is -3.87. The lowest BCUT2D eigenvalue weighted by Gasteiger charge is -2.07. The van der Waals surface area contributed by atoms with Crippen LogP contribution in [0.15, 0.2) is 35.2 Å². The molecule has 4 aromatic rings. The zero-order chi connectivity index (χ0) is 17.4. The first kappa shape index (κ1) is 14.7. The zero-order valence-corrected chi connectivity index (χ0v) is 12.6. The van der Waals surface area contributed by atoms with E-state index in [4.69, 9.17) is 11.0 Å². The minimum Gasteiger partial charge on any atom is -0.379 e. The quantitative estimate of drug-likeness (QED) is 0.595. The van der Waals surface area contributed by atoms with Crippen LogP contribution in [0.5, 0.6) is 0 Å². The normalized spacial score (nSPS) is 10.9. The number of anilines is 1. The summed E-state index contributed by atoms with van der Waals surface area (Å²) < 4.78 is 20.5. The fourth-order valence-corrected chi connectivity index (χ4v) is 2.48. The van der Waals surface area contributed by atoms with Crippen molar-refractivity contribution >= 4 is 16.9 Å². The van der Waals surface area contributed by atoms with Crippen molar-refractivity contribution in [2.24, 2.45) is 0 Å². The number of nitrogens with two attached hydrogens (primary N) is 1. The van der Waals surface area contributed by atoms with Gasteiger partial charge in [-0.2, -0.15) is 5.26 Å². The Labute approximate surface area is 139 Å². The maximum atomic E-state index is 14.1. The van der Waals surface area contributed by atoms with Gasteiger partial charge in [-0.05, 0) is 22.4 Å². The molecule has 0 aliphatic heterocycles. The summed E-state index contributed by atoms with van der Waals surface area (Å²) in [7, 11) is 0. The molecule has 10 heteroatoms. The number of aromatic nitrogens is 6. The van der Waals surface area contributed by atoms with Crippen LogP contribution in [0.1, 0.15) is 11.4 Å². The highest BCUT2D eigenvalue weighted by Crippen LogP contribution is 2.28. The first-order chi connectivity index (χ1) is 12.2. The zero-order valence-electron chi connectivity index (χ0n) is 12.6. The Morgan fingerprint density at radius 1 is 1.24 bits per heavy atom. The Morgan fingerprint density at radius 3 is 2.72 bits per heavy atom. The Balaban J connectivity index is 1.90. The maximum Gasteiger partial charge on any atom is 0.232 e. The number of benzene rings is 1. The highest BCUT2D eigenvalue weighted by molar-refractivity contribution is 5.82. The van der Waals surface area contributed by atoms with E-state index in [1.165, 1.54) is 18.5 Å². The van der Waals surface area contributed by atoms with Gasteiger partial charge in [0, 0.05) is 18.0 Å². The summed E-state index contributed by atoms with van der Waals surface area (Å²) in [6.45, 7) is 0.271. The molecule has 3 heterocycles. The monoisotopic (exact) mass is 336 g/mol. The second-order valence-corrected chi connectivity index (χ2v) is 5.15. The van der Waals surface area contributed by atoms with Crippen LogP contribution in [0.4, 0.5) is 10.2 Å². The van der Waals surface area contributed by atoms with Gasteiger partial charge in [0.1, 0.15) is 11.6 Å². The average molecular weight is 336 g/mol. The SMILES string of the molecule is N#Cc1ncc(Cn2c(-c3nonc3N)nc3c(F)cccc32)cn1. The lowest BCUT2D eigenvalue weighted by Crippen LogP contribution is -2.05. The van der Waals surface area contributed by atoms with Gasteiger partial charge in [0.25, 0.3) is 0 Å². The Morgan fingerprint density at radius 2 is 2.04 bits per heavy atom. The molecule has 0 radical (unpaired) electrons. The first-order valence-corrected chi connectivity index (χ1v) is 7.11. The van der Waals surface area contributed by atoms with E-state index in [-0.39, 0.29) is 29.4 Å². The van der Waals surface area contributed by atoms with Crippen molar-refractivity contribution in [2.75, 3.05) is 5.73 Å². The fourth-order valence-electron chi connectivity index (χ4n) is 2.48. The molecule has 0 bridgehead atoms. The number of nitriles is 1. The second-order valence-electron chi connectivity index (χ2n) is 5.15. The van der Waals surface area contributed by atoms with Crippen molar-refractivity contribution in [3.05, 3.63) is 47.8 Å². The average Bonchev–Trinajstić information content (AvgIpc) is 3.20. The number of rotatable bonds is 3. The minimum absolute atomic E-state index is 0.0491. The minimum atomic E-state index is -0.469. The molecule has 1 aromatic carbocycles. The van der Waals surface area contributed by atoms with Crippen LogP contribution in [-0.4, -0.2) is 29.8 Å². The van der Waals surface area contributed by atoms with E-state index in [0.717, 1.165) is 0 Å². The third-order valence-corrected chi connectivity index (χ3v) is 3.60. The molecule has 0 spiro atoms. The largest absolute Gasteiger partial charge is 0.379 e. The van der Waals surface area contributed by atoms with Gasteiger partial charge in [-0.15, -0.1) is 0 Å². The number of nitrogen functional groups attached to an aromatic ring is 1. The van der Waals surface area contributed by atoms with Crippen molar-refractivity contribution in [3.8, 4) is 17.6 Å². The third-order valence-electron chi connectivity index (χ3n) is 3.60. The predicted octanol–water partition coefficient (Wildman–Crippen LogP) is 1.52. The Kier molecular flexibility index (Phi) is 3.32. The summed E-state index contributed by atoms with van der Waals surface area (Å²) >= 11 is 0. The number of hydrogen-bond acceptors (Lipinski definition) is 8. The van der Waals surface area contributed by atoms with Crippen molar-refractivity contribution in [3.63, 3.8) is 0 Å². The lowest BCUT2D eigenvalue weighted by atomic mass is 10.2. The molecule has 4 rings (SSSR count). The van der Waals surface area contributed by atoms with Crippen molar-refractivity contribution < 1.29 is 9.02 Å². The topological polar surface area (TPSA) is 132 Å². The lowest BCUT2D eigenvalue weighted by molar-refractivity contribution is 0.310. The van der Waals surface area contributed by atoms with Gasteiger partial charge in [0.15, 0.2) is 23.2 Å². The second kappa shape index (κ2) is 5.64. The van der Waals surface area contributed by atoms with Gasteiger partial charge in [-0.25, -0.2) is 24.0 Å². The molecule has 122 valence electrons. The van der Waals surface area contributed by atoms with Gasteiger partial charge < -0.3 is 10.3 Å². The molecule has 0 saturated carbocycles. The van der Waals surface area contributed by atoms with Gasteiger partial charge in [-0.3, -0.25) is 0 Å². The fraction of sp³-hybridized carbons (Fsp3) is 0.0667. The van der Waals surface area contributed by atoms with E-state index in [2.05, 4.69) is 29.9 Å². The van der Waals surface area contributed by atoms with E-state index in [1.54, 1.807) is 16.7 Å². The van der Waals surface area contributed by atoms with E-state index in [9.17, 15) is 4.39 Å². The molecule has 3 aromatic heterocycles. The van der Waals surface area contributed by atoms with Crippen LogP contribution in [0.25, 0.3) is 22.6 Å². The third kappa shape index (κ3) is 2.43. The molecule has 0 unspecified atom stereocenters. The number of fused-ring (bicyclic) bond motifs is 1. The predicted molar refractivity (Wildman–Crippen MR) is 83.2 cm³/mol. The van der Waals surface area contributed by atoms with Crippen molar-refractivity contribution in [2.45, 2.75) is 6.54 Å². The van der Waals surface area contributed by atoms with Gasteiger partial charge in [0.2, 0.25) is 5.82 Å². The van der Waals surface area contributed by atoms with E-state index in [1.807, 2.05) is 6.07 Å². The molecule has 0 saturated heterocycles. The van der Waals surface area contributed by atoms with E-state index >= 15 is 0 Å². The number of imidazole rings is 1. The summed E-state index contributed by atoms with van der Waals surface area (Å²) in [6, 6.07) is 6.48. The van der Waals surface area contributed by atoms with Gasteiger partial charge in [-0.1, -0.05) is 6.07 Å². The molecule has 0 fully saturated rings. The Bertz CT molecular complexity index is 1110. The summed E-state index contributed by atoms with van der Waals surface area (Å²) in [5.74, 6) is -0.0460. The number of nitrogens with zero attached hydrogens (tertiary/aromatic N) is 7. The standard InChI is InChI=1S/C15H9FN8O/c16-9-2-1-3-10-12(9)21-15(13-14(18)23-25-22-13)24(10)7-8-5-19-11(4-17)20-6-8/h1-3,5-6H,7H2,(H2,18,23). The van der Waals surface area contributed by atoms with Crippen molar-refractivity contribution in [1.82, 2.24) is 29.8 Å². The van der Waals surface area contributed by atoms with E-state index < -0.39 is 5.82 Å². The molecule has 0 amide bonds. The molecule has 9 nitrogen and oxygen atoms in total. The molecular formula is C15H9FN8O. The van der Waals surface area contributed by atoms with Gasteiger partial charge >= 0.3 is 0 Å². The van der Waals surface area contributed by atoms with Crippen LogP contribution in [0, 0.1) is 17.1 Å². The summed E-state index contributed by atoms with van der Waals surface area (Å²) in [5, 5.41) is 16.1. The number of halogens is 1. The van der Waals surface area contributed by atoms with Crippen molar-refractivity contribution in [1.29, 1.82) is 5.26 Å². The first-order valence-electron chi connectivity index (χ1n) is 7.11. The summed E-state index contributed by atoms with van der Waals surface area (Å²) in [4.78, 5) is 12.2. The van der Waals surface area contributed by atoms with E-state index in [0.29, 0.717) is 16.9 Å². The van der Waals surface area contributed by atoms with Crippen LogP contribution in [-0.2, 0) is 6.54 Å². The maximum absolute atomic E-state index is 14.1. The van der Waals surface area contributed by atoms with Gasteiger partial charge in [0.05, 0.1) is 12.1 Å². The number of hydrogen-bond donors (Lipinski definition) is 1. The van der Waals surface area contributed by atoms with Crippen LogP contribution >= 0.6 is 0 Å².